The van der Waals surface area contributed by atoms with Crippen molar-refractivity contribution in [3.8, 4) is 11.5 Å². The van der Waals surface area contributed by atoms with Crippen LogP contribution in [0.4, 0.5) is 11.4 Å². The number of amides is 1. The molecule has 3 N–H and O–H groups in total. The second-order valence-corrected chi connectivity index (χ2v) is 6.23. The van der Waals surface area contributed by atoms with Gasteiger partial charge in [-0.05, 0) is 31.1 Å². The number of hydrogen-bond acceptors (Lipinski definition) is 4. The van der Waals surface area contributed by atoms with Gasteiger partial charge in [0.1, 0.15) is 11.5 Å². The molecule has 5 nitrogen and oxygen atoms in total. The molecule has 1 heterocycles. The van der Waals surface area contributed by atoms with E-state index in [1.165, 1.54) is 6.42 Å². The summed E-state index contributed by atoms with van der Waals surface area (Å²) < 4.78 is 11.4. The zero-order valence-electron chi connectivity index (χ0n) is 12.5. The summed E-state index contributed by atoms with van der Waals surface area (Å²) >= 11 is 0. The van der Waals surface area contributed by atoms with Crippen LogP contribution in [0.1, 0.15) is 33.1 Å². The molecule has 1 aliphatic carbocycles. The first-order valence-corrected chi connectivity index (χ1v) is 7.55. The van der Waals surface area contributed by atoms with Crippen LogP contribution in [0.2, 0.25) is 0 Å². The number of carbonyl (C=O) groups is 1. The molecule has 0 spiro atoms. The molecule has 1 amide bonds. The molecule has 1 aromatic rings. The summed E-state index contributed by atoms with van der Waals surface area (Å²) in [5.41, 5.74) is 7.22. The molecule has 0 aromatic heterocycles. The fourth-order valence-electron chi connectivity index (χ4n) is 3.01. The van der Waals surface area contributed by atoms with Crippen molar-refractivity contribution in [2.75, 3.05) is 17.7 Å². The lowest BCUT2D eigenvalue weighted by molar-refractivity contribution is -0.118. The minimum atomic E-state index is -0.154. The van der Waals surface area contributed by atoms with Crippen molar-refractivity contribution < 1.29 is 14.3 Å². The standard InChI is InChI=1S/C16H22N2O3/c1-9-3-4-11(5-10(9)2)21-14-7-13-15(6-12(14)17)20-8-16(19)18-13/h6-7,9-11H,3-5,8,17H2,1-2H3,(H,18,19). The van der Waals surface area contributed by atoms with Crippen LogP contribution >= 0.6 is 0 Å². The molecule has 5 heteroatoms. The lowest BCUT2D eigenvalue weighted by Crippen LogP contribution is -2.29. The van der Waals surface area contributed by atoms with Crippen molar-refractivity contribution >= 4 is 17.3 Å². The number of anilines is 2. The Morgan fingerprint density at radius 1 is 1.29 bits per heavy atom. The molecule has 3 rings (SSSR count). The van der Waals surface area contributed by atoms with E-state index in [-0.39, 0.29) is 18.6 Å². The smallest absolute Gasteiger partial charge is 0.262 e. The minimum absolute atomic E-state index is 0.0324. The van der Waals surface area contributed by atoms with Crippen molar-refractivity contribution in [2.45, 2.75) is 39.2 Å². The molecule has 1 aliphatic heterocycles. The van der Waals surface area contributed by atoms with E-state index in [0.29, 0.717) is 28.8 Å². The maximum absolute atomic E-state index is 11.4. The average Bonchev–Trinajstić information content (AvgIpc) is 2.44. The Labute approximate surface area is 124 Å². The summed E-state index contributed by atoms with van der Waals surface area (Å²) in [6.45, 7) is 4.59. The maximum atomic E-state index is 11.4. The van der Waals surface area contributed by atoms with Gasteiger partial charge in [-0.1, -0.05) is 13.8 Å². The molecular weight excluding hydrogens is 268 g/mol. The Morgan fingerprint density at radius 3 is 2.86 bits per heavy atom. The summed E-state index contributed by atoms with van der Waals surface area (Å²) in [4.78, 5) is 11.4. The van der Waals surface area contributed by atoms with Gasteiger partial charge in [-0.15, -0.1) is 0 Å². The Kier molecular flexibility index (Phi) is 3.66. The molecule has 2 aliphatic rings. The van der Waals surface area contributed by atoms with Crippen molar-refractivity contribution in [2.24, 2.45) is 11.8 Å². The summed E-state index contributed by atoms with van der Waals surface area (Å²) in [7, 11) is 0. The quantitative estimate of drug-likeness (QED) is 0.821. The monoisotopic (exact) mass is 290 g/mol. The van der Waals surface area contributed by atoms with Crippen molar-refractivity contribution in [3.63, 3.8) is 0 Å². The number of carbonyl (C=O) groups excluding carboxylic acids is 1. The van der Waals surface area contributed by atoms with Gasteiger partial charge < -0.3 is 20.5 Å². The van der Waals surface area contributed by atoms with Gasteiger partial charge in [-0.3, -0.25) is 4.79 Å². The predicted octanol–water partition coefficient (Wildman–Crippen LogP) is 2.80. The van der Waals surface area contributed by atoms with E-state index in [1.807, 2.05) is 0 Å². The van der Waals surface area contributed by atoms with Gasteiger partial charge in [0.15, 0.2) is 6.61 Å². The molecule has 3 unspecified atom stereocenters. The molecule has 21 heavy (non-hydrogen) atoms. The summed E-state index contributed by atoms with van der Waals surface area (Å²) in [6.07, 6.45) is 3.46. The van der Waals surface area contributed by atoms with Crippen molar-refractivity contribution in [3.05, 3.63) is 12.1 Å². The first-order chi connectivity index (χ1) is 10.0. The number of nitrogen functional groups attached to an aromatic ring is 1. The number of nitrogens with two attached hydrogens (primary N) is 1. The number of nitrogens with one attached hydrogen (secondary N) is 1. The van der Waals surface area contributed by atoms with Crippen LogP contribution in [-0.2, 0) is 4.79 Å². The first-order valence-electron chi connectivity index (χ1n) is 7.55. The fourth-order valence-corrected chi connectivity index (χ4v) is 3.01. The minimum Gasteiger partial charge on any atom is -0.488 e. The van der Waals surface area contributed by atoms with Crippen LogP contribution in [0.15, 0.2) is 12.1 Å². The van der Waals surface area contributed by atoms with Gasteiger partial charge in [-0.25, -0.2) is 0 Å². The fraction of sp³-hybridized carbons (Fsp3) is 0.562. The van der Waals surface area contributed by atoms with Crippen LogP contribution in [-0.4, -0.2) is 18.6 Å². The maximum Gasteiger partial charge on any atom is 0.262 e. The van der Waals surface area contributed by atoms with Crippen molar-refractivity contribution in [1.82, 2.24) is 0 Å². The first kappa shape index (κ1) is 14.0. The van der Waals surface area contributed by atoms with Gasteiger partial charge in [0, 0.05) is 12.1 Å². The highest BCUT2D eigenvalue weighted by atomic mass is 16.5. The molecule has 3 atom stereocenters. The third kappa shape index (κ3) is 2.91. The Hall–Kier alpha value is -1.91. The lowest BCUT2D eigenvalue weighted by atomic mass is 9.80. The molecule has 1 saturated carbocycles. The van der Waals surface area contributed by atoms with Crippen LogP contribution in [0, 0.1) is 11.8 Å². The van der Waals surface area contributed by atoms with Crippen LogP contribution in [0.25, 0.3) is 0 Å². The van der Waals surface area contributed by atoms with Gasteiger partial charge >= 0.3 is 0 Å². The Bertz CT molecular complexity index is 559. The van der Waals surface area contributed by atoms with Gasteiger partial charge in [-0.2, -0.15) is 0 Å². The molecule has 0 radical (unpaired) electrons. The summed E-state index contributed by atoms with van der Waals surface area (Å²) in [5, 5.41) is 2.78. The molecule has 0 saturated heterocycles. The van der Waals surface area contributed by atoms with E-state index in [0.717, 1.165) is 18.8 Å². The van der Waals surface area contributed by atoms with E-state index in [1.54, 1.807) is 12.1 Å². The molecule has 1 aromatic carbocycles. The number of fused-ring (bicyclic) bond motifs is 1. The normalized spacial score (nSPS) is 28.3. The summed E-state index contributed by atoms with van der Waals surface area (Å²) in [6, 6.07) is 3.49. The van der Waals surface area contributed by atoms with E-state index >= 15 is 0 Å². The number of ether oxygens (including phenoxy) is 2. The Morgan fingerprint density at radius 2 is 2.10 bits per heavy atom. The SMILES string of the molecule is CC1CCC(Oc2cc3c(cc2N)OCC(=O)N3)CC1C. The van der Waals surface area contributed by atoms with E-state index < -0.39 is 0 Å². The van der Waals surface area contributed by atoms with Gasteiger partial charge in [0.05, 0.1) is 17.5 Å². The summed E-state index contributed by atoms with van der Waals surface area (Å²) in [5.74, 6) is 2.48. The van der Waals surface area contributed by atoms with Gasteiger partial charge in [0.25, 0.3) is 5.91 Å². The zero-order valence-corrected chi connectivity index (χ0v) is 12.5. The number of rotatable bonds is 2. The van der Waals surface area contributed by atoms with E-state index in [2.05, 4.69) is 19.2 Å². The second kappa shape index (κ2) is 5.47. The third-order valence-corrected chi connectivity index (χ3v) is 4.59. The highest BCUT2D eigenvalue weighted by Gasteiger charge is 2.27. The lowest BCUT2D eigenvalue weighted by Gasteiger charge is -2.32. The average molecular weight is 290 g/mol. The topological polar surface area (TPSA) is 73.6 Å². The highest BCUT2D eigenvalue weighted by Crippen LogP contribution is 2.39. The second-order valence-electron chi connectivity index (χ2n) is 6.23. The number of benzene rings is 1. The number of hydrogen-bond donors (Lipinski definition) is 2. The Balaban J connectivity index is 1.76. The predicted molar refractivity (Wildman–Crippen MR) is 81.6 cm³/mol. The largest absolute Gasteiger partial charge is 0.488 e. The van der Waals surface area contributed by atoms with E-state index in [9.17, 15) is 4.79 Å². The molecular formula is C16H22N2O3. The van der Waals surface area contributed by atoms with Crippen LogP contribution < -0.4 is 20.5 Å². The van der Waals surface area contributed by atoms with Crippen LogP contribution in [0.3, 0.4) is 0 Å². The van der Waals surface area contributed by atoms with Crippen LogP contribution in [0.5, 0.6) is 11.5 Å². The molecule has 1 fully saturated rings. The zero-order chi connectivity index (χ0) is 15.0. The van der Waals surface area contributed by atoms with E-state index in [4.69, 9.17) is 15.2 Å². The highest BCUT2D eigenvalue weighted by molar-refractivity contribution is 5.96. The molecule has 0 bridgehead atoms. The van der Waals surface area contributed by atoms with Gasteiger partial charge in [0.2, 0.25) is 0 Å². The van der Waals surface area contributed by atoms with Crippen molar-refractivity contribution in [1.29, 1.82) is 0 Å². The molecule has 114 valence electrons. The third-order valence-electron chi connectivity index (χ3n) is 4.59.